The molecular formula is C17H27FN2. The zero-order valence-electron chi connectivity index (χ0n) is 12.7. The van der Waals surface area contributed by atoms with Crippen LogP contribution < -0.4 is 5.32 Å². The molecule has 20 heavy (non-hydrogen) atoms. The van der Waals surface area contributed by atoms with Crippen LogP contribution in [-0.4, -0.2) is 31.6 Å². The Bertz CT molecular complexity index is 404. The van der Waals surface area contributed by atoms with Crippen LogP contribution in [0.1, 0.15) is 44.2 Å². The van der Waals surface area contributed by atoms with Crippen LogP contribution in [0, 0.1) is 11.7 Å². The summed E-state index contributed by atoms with van der Waals surface area (Å²) in [6.45, 7) is 5.08. The van der Waals surface area contributed by atoms with Crippen molar-refractivity contribution in [2.24, 2.45) is 5.92 Å². The second-order valence-electron chi connectivity index (χ2n) is 6.05. The fourth-order valence-corrected chi connectivity index (χ4v) is 2.85. The molecule has 3 heteroatoms. The maximum Gasteiger partial charge on any atom is 0.128 e. The van der Waals surface area contributed by atoms with Crippen molar-refractivity contribution in [3.05, 3.63) is 35.6 Å². The fourth-order valence-electron chi connectivity index (χ4n) is 2.85. The summed E-state index contributed by atoms with van der Waals surface area (Å²) in [7, 11) is 2.15. The maximum absolute atomic E-state index is 14.0. The molecule has 112 valence electrons. The Hall–Kier alpha value is -0.930. The number of hydrogen-bond acceptors (Lipinski definition) is 2. The molecule has 1 N–H and O–H groups in total. The first-order chi connectivity index (χ1) is 9.70. The van der Waals surface area contributed by atoms with Gasteiger partial charge in [0.25, 0.3) is 0 Å². The van der Waals surface area contributed by atoms with Crippen LogP contribution in [0.3, 0.4) is 0 Å². The zero-order valence-corrected chi connectivity index (χ0v) is 12.7. The predicted molar refractivity (Wildman–Crippen MR) is 82.3 cm³/mol. The van der Waals surface area contributed by atoms with Crippen molar-refractivity contribution in [2.75, 3.05) is 26.7 Å². The molecule has 1 unspecified atom stereocenters. The summed E-state index contributed by atoms with van der Waals surface area (Å²) in [5.41, 5.74) is 0.793. The first-order valence-corrected chi connectivity index (χ1v) is 7.87. The number of hydrogen-bond donors (Lipinski definition) is 1. The lowest BCUT2D eigenvalue weighted by atomic mass is 9.85. The van der Waals surface area contributed by atoms with Gasteiger partial charge in [0.15, 0.2) is 0 Å². The van der Waals surface area contributed by atoms with Crippen molar-refractivity contribution in [1.29, 1.82) is 0 Å². The first-order valence-electron chi connectivity index (χ1n) is 7.87. The van der Waals surface area contributed by atoms with Gasteiger partial charge in [-0.2, -0.15) is 0 Å². The van der Waals surface area contributed by atoms with Crippen LogP contribution in [0.25, 0.3) is 0 Å². The van der Waals surface area contributed by atoms with Crippen molar-refractivity contribution in [1.82, 2.24) is 10.2 Å². The van der Waals surface area contributed by atoms with Gasteiger partial charge in [-0.3, -0.25) is 0 Å². The van der Waals surface area contributed by atoms with Crippen LogP contribution >= 0.6 is 0 Å². The Morgan fingerprint density at radius 2 is 2.10 bits per heavy atom. The molecule has 1 aromatic rings. The maximum atomic E-state index is 14.0. The quantitative estimate of drug-likeness (QED) is 0.781. The van der Waals surface area contributed by atoms with E-state index in [0.29, 0.717) is 0 Å². The molecule has 1 aromatic carbocycles. The van der Waals surface area contributed by atoms with E-state index in [2.05, 4.69) is 24.2 Å². The van der Waals surface area contributed by atoms with Gasteiger partial charge in [-0.05, 0) is 44.8 Å². The Balaban J connectivity index is 1.97. The lowest BCUT2D eigenvalue weighted by Crippen LogP contribution is -2.37. The number of nitrogens with zero attached hydrogens (tertiary/aromatic N) is 1. The van der Waals surface area contributed by atoms with Gasteiger partial charge in [0, 0.05) is 24.7 Å². The van der Waals surface area contributed by atoms with Gasteiger partial charge in [-0.1, -0.05) is 31.5 Å². The summed E-state index contributed by atoms with van der Waals surface area (Å²) in [6, 6.07) is 7.22. The van der Waals surface area contributed by atoms with E-state index in [1.54, 1.807) is 12.1 Å². The van der Waals surface area contributed by atoms with E-state index in [9.17, 15) is 4.39 Å². The minimum Gasteiger partial charge on any atom is -0.309 e. The third-order valence-electron chi connectivity index (χ3n) is 4.21. The van der Waals surface area contributed by atoms with Gasteiger partial charge in [0.05, 0.1) is 0 Å². The summed E-state index contributed by atoms with van der Waals surface area (Å²) in [6.07, 6.45) is 5.16. The van der Waals surface area contributed by atoms with Crippen LogP contribution in [-0.2, 0) is 0 Å². The normalized spacial score (nSPS) is 17.2. The monoisotopic (exact) mass is 278 g/mol. The van der Waals surface area contributed by atoms with Gasteiger partial charge < -0.3 is 10.2 Å². The van der Waals surface area contributed by atoms with E-state index in [1.807, 2.05) is 12.1 Å². The van der Waals surface area contributed by atoms with Crippen LogP contribution in [0.4, 0.5) is 4.39 Å². The molecule has 2 rings (SSSR count). The number of nitrogens with one attached hydrogen (secondary N) is 1. The zero-order chi connectivity index (χ0) is 14.4. The standard InChI is InChI=1S/C17H27FN2/c1-3-11-19-17(15-9-4-5-10-16(15)18)13-20(2)12-14-7-6-8-14/h4-5,9-10,14,17,19H,3,6-8,11-13H2,1-2H3. The van der Waals surface area contributed by atoms with Gasteiger partial charge in [0.1, 0.15) is 5.82 Å². The molecule has 1 saturated carbocycles. The molecule has 0 spiro atoms. The average Bonchev–Trinajstić information content (AvgIpc) is 2.40. The third kappa shape index (κ3) is 4.29. The molecule has 0 aromatic heterocycles. The highest BCUT2D eigenvalue weighted by Crippen LogP contribution is 2.27. The molecule has 1 fully saturated rings. The highest BCUT2D eigenvalue weighted by molar-refractivity contribution is 5.21. The van der Waals surface area contributed by atoms with Crippen LogP contribution in [0.5, 0.6) is 0 Å². The minimum atomic E-state index is -0.0989. The third-order valence-corrected chi connectivity index (χ3v) is 4.21. The van der Waals surface area contributed by atoms with E-state index in [4.69, 9.17) is 0 Å². The molecule has 1 atom stereocenters. The van der Waals surface area contributed by atoms with Crippen molar-refractivity contribution in [3.63, 3.8) is 0 Å². The number of likely N-dealkylation sites (N-methyl/N-ethyl adjacent to an activating group) is 1. The van der Waals surface area contributed by atoms with E-state index in [-0.39, 0.29) is 11.9 Å². The fraction of sp³-hybridized carbons (Fsp3) is 0.647. The molecule has 0 bridgehead atoms. The molecule has 2 nitrogen and oxygen atoms in total. The minimum absolute atomic E-state index is 0.0845. The topological polar surface area (TPSA) is 15.3 Å². The molecule has 0 aliphatic heterocycles. The van der Waals surface area contributed by atoms with Gasteiger partial charge >= 0.3 is 0 Å². The SMILES string of the molecule is CCCNC(CN(C)CC1CCC1)c1ccccc1F. The second-order valence-corrected chi connectivity index (χ2v) is 6.05. The molecule has 0 heterocycles. The molecule has 0 radical (unpaired) electrons. The molecule has 0 amide bonds. The van der Waals surface area contributed by atoms with Gasteiger partial charge in [-0.15, -0.1) is 0 Å². The van der Waals surface area contributed by atoms with Crippen molar-refractivity contribution >= 4 is 0 Å². The second kappa shape index (κ2) is 7.75. The van der Waals surface area contributed by atoms with Crippen molar-refractivity contribution < 1.29 is 4.39 Å². The number of rotatable bonds is 8. The molecular weight excluding hydrogens is 251 g/mol. The van der Waals surface area contributed by atoms with Gasteiger partial charge in [-0.25, -0.2) is 4.39 Å². The Kier molecular flexibility index (Phi) is 5.99. The Labute approximate surface area is 122 Å². The highest BCUT2D eigenvalue weighted by Gasteiger charge is 2.22. The molecule has 1 aliphatic rings. The largest absolute Gasteiger partial charge is 0.309 e. The summed E-state index contributed by atoms with van der Waals surface area (Å²) in [5, 5.41) is 3.49. The van der Waals surface area contributed by atoms with Crippen molar-refractivity contribution in [3.8, 4) is 0 Å². The summed E-state index contributed by atoms with van der Waals surface area (Å²) >= 11 is 0. The first kappa shape index (κ1) is 15.5. The van der Waals surface area contributed by atoms with E-state index in [0.717, 1.165) is 37.5 Å². The van der Waals surface area contributed by atoms with Crippen LogP contribution in [0.2, 0.25) is 0 Å². The summed E-state index contributed by atoms with van der Waals surface area (Å²) < 4.78 is 14.0. The van der Waals surface area contributed by atoms with E-state index in [1.165, 1.54) is 19.3 Å². The molecule has 0 saturated heterocycles. The number of halogens is 1. The number of benzene rings is 1. The van der Waals surface area contributed by atoms with Crippen molar-refractivity contribution in [2.45, 2.75) is 38.6 Å². The lowest BCUT2D eigenvalue weighted by Gasteiger charge is -2.32. The predicted octanol–water partition coefficient (Wildman–Crippen LogP) is 3.60. The Morgan fingerprint density at radius 3 is 2.70 bits per heavy atom. The average molecular weight is 278 g/mol. The summed E-state index contributed by atoms with van der Waals surface area (Å²) in [4.78, 5) is 2.35. The summed E-state index contributed by atoms with van der Waals surface area (Å²) in [5.74, 6) is 0.755. The smallest absolute Gasteiger partial charge is 0.128 e. The van der Waals surface area contributed by atoms with Crippen LogP contribution in [0.15, 0.2) is 24.3 Å². The van der Waals surface area contributed by atoms with Gasteiger partial charge in [0.2, 0.25) is 0 Å². The highest BCUT2D eigenvalue weighted by atomic mass is 19.1. The lowest BCUT2D eigenvalue weighted by molar-refractivity contribution is 0.191. The van der Waals surface area contributed by atoms with E-state index < -0.39 is 0 Å². The molecule has 1 aliphatic carbocycles. The van der Waals surface area contributed by atoms with E-state index >= 15 is 0 Å². The Morgan fingerprint density at radius 1 is 1.35 bits per heavy atom.